The van der Waals surface area contributed by atoms with E-state index in [1.54, 1.807) is 18.2 Å². The van der Waals surface area contributed by atoms with E-state index in [0.29, 0.717) is 16.5 Å². The molecular weight excluding hydrogens is 194 g/mol. The van der Waals surface area contributed by atoms with Crippen molar-refractivity contribution in [2.75, 3.05) is 7.11 Å². The number of fused-ring (bicyclic) bond motifs is 1. The molecule has 0 bridgehead atoms. The molecule has 0 aliphatic carbocycles. The Morgan fingerprint density at radius 3 is 2.93 bits per heavy atom. The van der Waals surface area contributed by atoms with Crippen LogP contribution in [0, 0.1) is 0 Å². The number of aromatic hydroxyl groups is 1. The van der Waals surface area contributed by atoms with Gasteiger partial charge < -0.3 is 9.84 Å². The van der Waals surface area contributed by atoms with Crippen LogP contribution in [-0.2, 0) is 4.74 Å². The van der Waals surface area contributed by atoms with Gasteiger partial charge in [0.05, 0.1) is 12.7 Å². The Balaban J connectivity index is 2.77. The van der Waals surface area contributed by atoms with Gasteiger partial charge in [0, 0.05) is 11.6 Å². The van der Waals surface area contributed by atoms with E-state index in [1.807, 2.05) is 0 Å². The molecule has 2 rings (SSSR count). The molecule has 0 aliphatic rings. The number of benzene rings is 1. The van der Waals surface area contributed by atoms with Gasteiger partial charge in [-0.25, -0.2) is 4.79 Å². The first-order chi connectivity index (χ1) is 7.24. The molecule has 15 heavy (non-hydrogen) atoms. The molecule has 2 aromatic rings. The van der Waals surface area contributed by atoms with Gasteiger partial charge in [-0.2, -0.15) is 0 Å². The van der Waals surface area contributed by atoms with Crippen LogP contribution in [0.25, 0.3) is 10.9 Å². The number of aromatic nitrogens is 1. The Kier molecular flexibility index (Phi) is 2.25. The molecule has 0 unspecified atom stereocenters. The van der Waals surface area contributed by atoms with Crippen molar-refractivity contribution in [1.29, 1.82) is 0 Å². The highest BCUT2D eigenvalue weighted by Crippen LogP contribution is 2.24. The van der Waals surface area contributed by atoms with Gasteiger partial charge in [0.15, 0.2) is 0 Å². The van der Waals surface area contributed by atoms with E-state index >= 15 is 0 Å². The second-order valence-corrected chi connectivity index (χ2v) is 3.02. The second kappa shape index (κ2) is 3.57. The van der Waals surface area contributed by atoms with Crippen molar-refractivity contribution < 1.29 is 14.6 Å². The van der Waals surface area contributed by atoms with Crippen LogP contribution in [0.4, 0.5) is 0 Å². The maximum Gasteiger partial charge on any atom is 0.338 e. The molecule has 0 fully saturated rings. The summed E-state index contributed by atoms with van der Waals surface area (Å²) < 4.78 is 4.64. The van der Waals surface area contributed by atoms with Gasteiger partial charge in [0.25, 0.3) is 0 Å². The fourth-order valence-electron chi connectivity index (χ4n) is 1.45. The first-order valence-corrected chi connectivity index (χ1v) is 4.39. The van der Waals surface area contributed by atoms with E-state index in [9.17, 15) is 9.90 Å². The highest BCUT2D eigenvalue weighted by atomic mass is 16.5. The third-order valence-electron chi connectivity index (χ3n) is 2.16. The molecule has 0 atom stereocenters. The summed E-state index contributed by atoms with van der Waals surface area (Å²) in [6.07, 6.45) is 1.47. The molecule has 1 N–H and O–H groups in total. The van der Waals surface area contributed by atoms with E-state index in [4.69, 9.17) is 0 Å². The number of nitrogens with zero attached hydrogens (tertiary/aromatic N) is 1. The first-order valence-electron chi connectivity index (χ1n) is 4.39. The molecule has 0 saturated carbocycles. The van der Waals surface area contributed by atoms with Crippen LogP contribution in [-0.4, -0.2) is 23.2 Å². The van der Waals surface area contributed by atoms with Crippen LogP contribution in [0.15, 0.2) is 30.5 Å². The fraction of sp³-hybridized carbons (Fsp3) is 0.0909. The van der Waals surface area contributed by atoms with E-state index in [2.05, 4.69) is 9.72 Å². The van der Waals surface area contributed by atoms with Crippen molar-refractivity contribution >= 4 is 16.9 Å². The number of ether oxygens (including phenoxy) is 1. The zero-order valence-corrected chi connectivity index (χ0v) is 8.10. The number of carbonyl (C=O) groups excluding carboxylic acids is 1. The highest BCUT2D eigenvalue weighted by Gasteiger charge is 2.11. The highest BCUT2D eigenvalue weighted by molar-refractivity contribution is 6.04. The van der Waals surface area contributed by atoms with Gasteiger partial charge in [0.2, 0.25) is 0 Å². The Morgan fingerprint density at radius 2 is 2.20 bits per heavy atom. The summed E-state index contributed by atoms with van der Waals surface area (Å²) in [5, 5.41) is 10.1. The van der Waals surface area contributed by atoms with E-state index in [1.165, 1.54) is 19.4 Å². The molecule has 4 heteroatoms. The Morgan fingerprint density at radius 1 is 1.40 bits per heavy atom. The lowest BCUT2D eigenvalue weighted by atomic mass is 10.1. The van der Waals surface area contributed by atoms with Crippen LogP contribution < -0.4 is 0 Å². The van der Waals surface area contributed by atoms with Gasteiger partial charge in [0.1, 0.15) is 11.3 Å². The minimum Gasteiger partial charge on any atom is -0.506 e. The Hall–Kier alpha value is -2.10. The number of hydrogen-bond donors (Lipinski definition) is 1. The summed E-state index contributed by atoms with van der Waals surface area (Å²) in [5.74, 6) is -0.383. The number of hydrogen-bond acceptors (Lipinski definition) is 4. The standard InChI is InChI=1S/C11H9NO3/c1-15-11(14)8-5-6-12-10-7(8)3-2-4-9(10)13/h2-6,13H,1H3. The third-order valence-corrected chi connectivity index (χ3v) is 2.16. The molecule has 1 aromatic carbocycles. The molecule has 0 saturated heterocycles. The van der Waals surface area contributed by atoms with Crippen LogP contribution in [0.5, 0.6) is 5.75 Å². The molecular formula is C11H9NO3. The van der Waals surface area contributed by atoms with Crippen molar-refractivity contribution in [2.45, 2.75) is 0 Å². The summed E-state index contributed by atoms with van der Waals surface area (Å²) in [4.78, 5) is 15.4. The number of rotatable bonds is 1. The number of pyridine rings is 1. The summed E-state index contributed by atoms with van der Waals surface area (Å²) in [6.45, 7) is 0. The van der Waals surface area contributed by atoms with Gasteiger partial charge in [-0.05, 0) is 12.1 Å². The van der Waals surface area contributed by atoms with Gasteiger partial charge >= 0.3 is 5.97 Å². The SMILES string of the molecule is COC(=O)c1ccnc2c(O)cccc12. The minimum absolute atomic E-state index is 0.0539. The van der Waals surface area contributed by atoms with Crippen molar-refractivity contribution in [3.63, 3.8) is 0 Å². The monoisotopic (exact) mass is 203 g/mol. The van der Waals surface area contributed by atoms with Crippen LogP contribution >= 0.6 is 0 Å². The van der Waals surface area contributed by atoms with Gasteiger partial charge in [-0.1, -0.05) is 12.1 Å². The zero-order chi connectivity index (χ0) is 10.8. The first kappa shape index (κ1) is 9.45. The van der Waals surface area contributed by atoms with E-state index < -0.39 is 5.97 Å². The lowest BCUT2D eigenvalue weighted by molar-refractivity contribution is 0.0603. The molecule has 76 valence electrons. The largest absolute Gasteiger partial charge is 0.506 e. The zero-order valence-electron chi connectivity index (χ0n) is 8.10. The van der Waals surface area contributed by atoms with Crippen molar-refractivity contribution in [1.82, 2.24) is 4.98 Å². The Labute approximate surface area is 86.1 Å². The molecule has 0 spiro atoms. The van der Waals surface area contributed by atoms with Crippen molar-refractivity contribution in [2.24, 2.45) is 0 Å². The van der Waals surface area contributed by atoms with Gasteiger partial charge in [-0.15, -0.1) is 0 Å². The summed E-state index contributed by atoms with van der Waals surface area (Å²) in [7, 11) is 1.32. The average Bonchev–Trinajstić information content (AvgIpc) is 2.28. The maximum atomic E-state index is 11.4. The molecule has 0 radical (unpaired) electrons. The summed E-state index contributed by atoms with van der Waals surface area (Å²) in [6, 6.07) is 6.46. The summed E-state index contributed by atoms with van der Waals surface area (Å²) >= 11 is 0. The molecule has 1 aromatic heterocycles. The van der Waals surface area contributed by atoms with Crippen LogP contribution in [0.2, 0.25) is 0 Å². The molecule has 0 aliphatic heterocycles. The van der Waals surface area contributed by atoms with Crippen molar-refractivity contribution in [3.05, 3.63) is 36.0 Å². The normalized spacial score (nSPS) is 10.2. The number of phenolic OH excluding ortho intramolecular Hbond substituents is 1. The predicted octanol–water partition coefficient (Wildman–Crippen LogP) is 1.73. The van der Waals surface area contributed by atoms with Gasteiger partial charge in [-0.3, -0.25) is 4.98 Å². The summed E-state index contributed by atoms with van der Waals surface area (Å²) in [5.41, 5.74) is 0.804. The van der Waals surface area contributed by atoms with Crippen LogP contribution in [0.3, 0.4) is 0 Å². The number of phenols is 1. The number of methoxy groups -OCH3 is 1. The Bertz CT molecular complexity index is 522. The average molecular weight is 203 g/mol. The number of esters is 1. The lowest BCUT2D eigenvalue weighted by Gasteiger charge is -2.04. The minimum atomic E-state index is -0.437. The van der Waals surface area contributed by atoms with Crippen LogP contribution in [0.1, 0.15) is 10.4 Å². The van der Waals surface area contributed by atoms with E-state index in [0.717, 1.165) is 0 Å². The lowest BCUT2D eigenvalue weighted by Crippen LogP contribution is -2.02. The molecule has 1 heterocycles. The number of carbonyl (C=O) groups is 1. The number of para-hydroxylation sites is 1. The van der Waals surface area contributed by atoms with E-state index in [-0.39, 0.29) is 5.75 Å². The second-order valence-electron chi connectivity index (χ2n) is 3.02. The molecule has 4 nitrogen and oxygen atoms in total. The smallest absolute Gasteiger partial charge is 0.338 e. The maximum absolute atomic E-state index is 11.4. The third kappa shape index (κ3) is 1.50. The fourth-order valence-corrected chi connectivity index (χ4v) is 1.45. The topological polar surface area (TPSA) is 59.4 Å². The quantitative estimate of drug-likeness (QED) is 0.717. The molecule has 0 amide bonds. The predicted molar refractivity (Wildman–Crippen MR) is 54.7 cm³/mol. The van der Waals surface area contributed by atoms with Crippen molar-refractivity contribution in [3.8, 4) is 5.75 Å².